The van der Waals surface area contributed by atoms with Crippen molar-refractivity contribution in [3.05, 3.63) is 71.8 Å². The van der Waals surface area contributed by atoms with Crippen LogP contribution in [0.2, 0.25) is 0 Å². The molecule has 2 amide bonds. The molecular formula is C27H25NO6. The van der Waals surface area contributed by atoms with E-state index in [-0.39, 0.29) is 18.9 Å². The molecule has 0 radical (unpaired) electrons. The molecule has 0 aromatic heterocycles. The number of esters is 1. The van der Waals surface area contributed by atoms with Gasteiger partial charge >= 0.3 is 5.97 Å². The summed E-state index contributed by atoms with van der Waals surface area (Å²) < 4.78 is 16.2. The van der Waals surface area contributed by atoms with Crippen LogP contribution in [0.3, 0.4) is 0 Å². The number of imide groups is 1. The van der Waals surface area contributed by atoms with Gasteiger partial charge in [0.1, 0.15) is 5.92 Å². The average Bonchev–Trinajstić information content (AvgIpc) is 3.45. The van der Waals surface area contributed by atoms with E-state index in [1.165, 1.54) is 12.0 Å². The van der Waals surface area contributed by atoms with Crippen molar-refractivity contribution < 1.29 is 28.6 Å². The zero-order valence-corrected chi connectivity index (χ0v) is 19.1. The van der Waals surface area contributed by atoms with E-state index in [2.05, 4.69) is 0 Å². The van der Waals surface area contributed by atoms with E-state index in [0.717, 1.165) is 27.5 Å². The van der Waals surface area contributed by atoms with E-state index in [1.54, 1.807) is 6.92 Å². The maximum absolute atomic E-state index is 13.6. The number of hydrogen-bond acceptors (Lipinski definition) is 6. The Labute approximate surface area is 197 Å². The number of carbonyl (C=O) groups excluding carboxylic acids is 3. The first kappa shape index (κ1) is 22.3. The third-order valence-electron chi connectivity index (χ3n) is 6.64. The van der Waals surface area contributed by atoms with E-state index < -0.39 is 23.6 Å². The molecular weight excluding hydrogens is 434 g/mol. The maximum Gasteiger partial charge on any atom is 0.314 e. The van der Waals surface area contributed by atoms with Gasteiger partial charge in [-0.1, -0.05) is 54.6 Å². The van der Waals surface area contributed by atoms with Crippen molar-refractivity contribution in [3.63, 3.8) is 0 Å². The molecule has 7 heteroatoms. The summed E-state index contributed by atoms with van der Waals surface area (Å²) in [6, 6.07) is 19.5. The number of rotatable bonds is 5. The Bertz CT molecular complexity index is 1280. The predicted octanol–water partition coefficient (Wildman–Crippen LogP) is 3.93. The van der Waals surface area contributed by atoms with E-state index >= 15 is 0 Å². The smallest absolute Gasteiger partial charge is 0.314 e. The predicted molar refractivity (Wildman–Crippen MR) is 125 cm³/mol. The third-order valence-corrected chi connectivity index (χ3v) is 6.64. The number of amides is 2. The monoisotopic (exact) mass is 459 g/mol. The van der Waals surface area contributed by atoms with Crippen molar-refractivity contribution in [3.8, 4) is 11.1 Å². The molecule has 2 heterocycles. The summed E-state index contributed by atoms with van der Waals surface area (Å²) in [7, 11) is 1.26. The minimum Gasteiger partial charge on any atom is -0.469 e. The SMILES string of the molecule is COC(=O)C(CC(=O)N1Cc2cc3ccccc3c(-c3ccccc3)c2C1=O)C1(C)OCCO1. The molecule has 2 aliphatic heterocycles. The highest BCUT2D eigenvalue weighted by Crippen LogP contribution is 2.40. The summed E-state index contributed by atoms with van der Waals surface area (Å²) in [5, 5.41) is 1.94. The molecule has 7 nitrogen and oxygen atoms in total. The zero-order chi connectivity index (χ0) is 23.9. The van der Waals surface area contributed by atoms with E-state index in [4.69, 9.17) is 14.2 Å². The van der Waals surface area contributed by atoms with Crippen LogP contribution < -0.4 is 0 Å². The second-order valence-corrected chi connectivity index (χ2v) is 8.65. The lowest BCUT2D eigenvalue weighted by Crippen LogP contribution is -2.45. The van der Waals surface area contributed by atoms with Crippen molar-refractivity contribution in [1.82, 2.24) is 4.90 Å². The van der Waals surface area contributed by atoms with Gasteiger partial charge in [0.05, 0.1) is 32.4 Å². The second-order valence-electron chi connectivity index (χ2n) is 8.65. The summed E-state index contributed by atoms with van der Waals surface area (Å²) in [6.45, 7) is 2.40. The molecule has 34 heavy (non-hydrogen) atoms. The number of benzene rings is 3. The first-order valence-electron chi connectivity index (χ1n) is 11.2. The average molecular weight is 459 g/mol. The molecule has 0 spiro atoms. The highest BCUT2D eigenvalue weighted by Gasteiger charge is 2.47. The standard InChI is InChI=1S/C27H25NO6/c1-27(33-12-13-34-27)21(26(31)32-2)15-22(29)28-16-19-14-18-10-6-7-11-20(18)23(24(19)25(28)30)17-8-4-3-5-9-17/h3-11,14,21H,12-13,15-16H2,1-2H3. The Hall–Kier alpha value is -3.55. The van der Waals surface area contributed by atoms with Crippen LogP contribution in [0.25, 0.3) is 21.9 Å². The highest BCUT2D eigenvalue weighted by molar-refractivity contribution is 6.17. The summed E-state index contributed by atoms with van der Waals surface area (Å²) in [6.07, 6.45) is -0.261. The van der Waals surface area contributed by atoms with Crippen molar-refractivity contribution in [2.45, 2.75) is 25.7 Å². The Balaban J connectivity index is 1.52. The van der Waals surface area contributed by atoms with Gasteiger partial charge in [-0.2, -0.15) is 0 Å². The molecule has 2 aliphatic rings. The molecule has 3 aromatic rings. The van der Waals surface area contributed by atoms with Crippen LogP contribution in [0.15, 0.2) is 60.7 Å². The Morgan fingerprint density at radius 1 is 1.03 bits per heavy atom. The molecule has 1 atom stereocenters. The minimum absolute atomic E-state index is 0.143. The fraction of sp³-hybridized carbons (Fsp3) is 0.296. The number of hydrogen-bond donors (Lipinski definition) is 0. The number of carbonyl (C=O) groups is 3. The Morgan fingerprint density at radius 2 is 1.71 bits per heavy atom. The molecule has 1 unspecified atom stereocenters. The van der Waals surface area contributed by atoms with Crippen LogP contribution >= 0.6 is 0 Å². The van der Waals surface area contributed by atoms with Crippen LogP contribution in [0.4, 0.5) is 0 Å². The summed E-state index contributed by atoms with van der Waals surface area (Å²) in [5.74, 6) is -3.72. The van der Waals surface area contributed by atoms with E-state index in [9.17, 15) is 14.4 Å². The van der Waals surface area contributed by atoms with Gasteiger partial charge in [0, 0.05) is 12.0 Å². The fourth-order valence-electron chi connectivity index (χ4n) is 4.90. The van der Waals surface area contributed by atoms with Crippen LogP contribution in [0.5, 0.6) is 0 Å². The van der Waals surface area contributed by atoms with Crippen molar-refractivity contribution in [1.29, 1.82) is 0 Å². The van der Waals surface area contributed by atoms with Crippen LogP contribution in [0.1, 0.15) is 29.3 Å². The van der Waals surface area contributed by atoms with Gasteiger partial charge in [0.25, 0.3) is 5.91 Å². The summed E-state index contributed by atoms with van der Waals surface area (Å²) >= 11 is 0. The number of nitrogens with zero attached hydrogens (tertiary/aromatic N) is 1. The van der Waals surface area contributed by atoms with Gasteiger partial charge in [-0.05, 0) is 34.9 Å². The first-order valence-corrected chi connectivity index (χ1v) is 11.2. The van der Waals surface area contributed by atoms with Crippen LogP contribution in [-0.2, 0) is 30.3 Å². The minimum atomic E-state index is -1.28. The largest absolute Gasteiger partial charge is 0.469 e. The molecule has 0 bridgehead atoms. The lowest BCUT2D eigenvalue weighted by molar-refractivity contribution is -0.201. The molecule has 0 aliphatic carbocycles. The Kier molecular flexibility index (Phi) is 5.67. The van der Waals surface area contributed by atoms with Gasteiger partial charge in [-0.15, -0.1) is 0 Å². The lowest BCUT2D eigenvalue weighted by atomic mass is 9.91. The second kappa shape index (κ2) is 8.66. The molecule has 174 valence electrons. The first-order chi connectivity index (χ1) is 16.4. The van der Waals surface area contributed by atoms with Crippen molar-refractivity contribution in [2.75, 3.05) is 20.3 Å². The summed E-state index contributed by atoms with van der Waals surface area (Å²) in [4.78, 5) is 40.7. The topological polar surface area (TPSA) is 82.1 Å². The van der Waals surface area contributed by atoms with Crippen LogP contribution in [-0.4, -0.2) is 48.8 Å². The van der Waals surface area contributed by atoms with Gasteiger partial charge in [0.15, 0.2) is 5.79 Å². The van der Waals surface area contributed by atoms with Gasteiger partial charge in [0.2, 0.25) is 5.91 Å². The maximum atomic E-state index is 13.6. The van der Waals surface area contributed by atoms with Crippen LogP contribution in [0, 0.1) is 5.92 Å². The van der Waals surface area contributed by atoms with Gasteiger partial charge < -0.3 is 14.2 Å². The molecule has 5 rings (SSSR count). The number of fused-ring (bicyclic) bond motifs is 2. The number of methoxy groups -OCH3 is 1. The van der Waals surface area contributed by atoms with E-state index in [0.29, 0.717) is 18.8 Å². The fourth-order valence-corrected chi connectivity index (χ4v) is 4.90. The third kappa shape index (κ3) is 3.67. The van der Waals surface area contributed by atoms with Crippen molar-refractivity contribution in [2.24, 2.45) is 5.92 Å². The molecule has 1 fully saturated rings. The Morgan fingerprint density at radius 3 is 2.41 bits per heavy atom. The summed E-state index contributed by atoms with van der Waals surface area (Å²) in [5.41, 5.74) is 3.02. The highest BCUT2D eigenvalue weighted by atomic mass is 16.7. The lowest BCUT2D eigenvalue weighted by Gasteiger charge is -2.30. The molecule has 1 saturated heterocycles. The number of ether oxygens (including phenoxy) is 3. The van der Waals surface area contributed by atoms with Gasteiger partial charge in [-0.3, -0.25) is 19.3 Å². The molecule has 3 aromatic carbocycles. The molecule has 0 saturated carbocycles. The van der Waals surface area contributed by atoms with E-state index in [1.807, 2.05) is 60.7 Å². The normalized spacial score (nSPS) is 17.6. The van der Waals surface area contributed by atoms with Gasteiger partial charge in [-0.25, -0.2) is 0 Å². The quantitative estimate of drug-likeness (QED) is 0.538. The zero-order valence-electron chi connectivity index (χ0n) is 19.1. The molecule has 0 N–H and O–H groups in total. The van der Waals surface area contributed by atoms with Crippen molar-refractivity contribution >= 4 is 28.6 Å².